The van der Waals surface area contributed by atoms with Crippen LogP contribution >= 0.6 is 11.3 Å². The Morgan fingerprint density at radius 2 is 1.97 bits per heavy atom. The highest BCUT2D eigenvalue weighted by Crippen LogP contribution is 2.23. The summed E-state index contributed by atoms with van der Waals surface area (Å²) in [6, 6.07) is 13.1. The molecule has 7 nitrogen and oxygen atoms in total. The second kappa shape index (κ2) is 7.72. The standard InChI is InChI=1S/C22H18N4O3S/c27-19-4-2-11-26(19)17-7-5-15(6-8-17)13-25-10-1-3-18(22(25)28)21-23-20(24-29-21)16-9-12-30-14-16/h1,3,5-10,12,14H,2,4,11,13H2. The predicted octanol–water partition coefficient (Wildman–Crippen LogP) is 3.80. The summed E-state index contributed by atoms with van der Waals surface area (Å²) < 4.78 is 6.95. The van der Waals surface area contributed by atoms with Gasteiger partial charge in [-0.3, -0.25) is 9.59 Å². The Morgan fingerprint density at radius 1 is 1.10 bits per heavy atom. The van der Waals surface area contributed by atoms with Crippen molar-refractivity contribution in [2.75, 3.05) is 11.4 Å². The van der Waals surface area contributed by atoms with Crippen molar-refractivity contribution in [2.45, 2.75) is 19.4 Å². The van der Waals surface area contributed by atoms with Gasteiger partial charge in [0.1, 0.15) is 5.56 Å². The van der Waals surface area contributed by atoms with E-state index in [2.05, 4.69) is 10.1 Å². The monoisotopic (exact) mass is 418 g/mol. The number of hydrogen-bond donors (Lipinski definition) is 0. The van der Waals surface area contributed by atoms with Crippen molar-refractivity contribution in [3.63, 3.8) is 0 Å². The molecule has 150 valence electrons. The number of thiophene rings is 1. The average Bonchev–Trinajstić information content (AvgIpc) is 3.52. The lowest BCUT2D eigenvalue weighted by molar-refractivity contribution is -0.117. The Balaban J connectivity index is 1.39. The van der Waals surface area contributed by atoms with Crippen LogP contribution < -0.4 is 10.5 Å². The van der Waals surface area contributed by atoms with Crippen LogP contribution in [-0.4, -0.2) is 27.2 Å². The predicted molar refractivity (Wildman–Crippen MR) is 114 cm³/mol. The summed E-state index contributed by atoms with van der Waals surface area (Å²) in [4.78, 5) is 31.1. The van der Waals surface area contributed by atoms with E-state index in [0.29, 0.717) is 24.4 Å². The number of carbonyl (C=O) groups is 1. The molecule has 0 radical (unpaired) electrons. The van der Waals surface area contributed by atoms with Crippen molar-refractivity contribution < 1.29 is 9.32 Å². The molecule has 0 spiro atoms. The number of anilines is 1. The van der Waals surface area contributed by atoms with Crippen LogP contribution in [0.4, 0.5) is 5.69 Å². The van der Waals surface area contributed by atoms with Gasteiger partial charge in [0.25, 0.3) is 11.4 Å². The zero-order valence-electron chi connectivity index (χ0n) is 16.0. The van der Waals surface area contributed by atoms with Gasteiger partial charge in [-0.1, -0.05) is 17.3 Å². The molecule has 30 heavy (non-hydrogen) atoms. The Bertz CT molecular complexity index is 1240. The summed E-state index contributed by atoms with van der Waals surface area (Å²) in [6.07, 6.45) is 3.24. The van der Waals surface area contributed by atoms with Crippen molar-refractivity contribution in [3.8, 4) is 22.8 Å². The van der Waals surface area contributed by atoms with E-state index in [1.54, 1.807) is 39.1 Å². The van der Waals surface area contributed by atoms with Crippen LogP contribution in [0.2, 0.25) is 0 Å². The van der Waals surface area contributed by atoms with Gasteiger partial charge in [0.15, 0.2) is 0 Å². The van der Waals surface area contributed by atoms with Gasteiger partial charge in [0, 0.05) is 35.8 Å². The number of rotatable bonds is 5. The molecule has 1 aromatic carbocycles. The molecule has 1 saturated heterocycles. The fourth-order valence-corrected chi connectivity index (χ4v) is 4.20. The molecule has 1 amide bonds. The first-order valence-electron chi connectivity index (χ1n) is 9.64. The topological polar surface area (TPSA) is 81.2 Å². The third kappa shape index (κ3) is 3.46. The zero-order valence-corrected chi connectivity index (χ0v) is 16.8. The summed E-state index contributed by atoms with van der Waals surface area (Å²) >= 11 is 1.55. The molecule has 1 fully saturated rings. The maximum atomic E-state index is 13.0. The molecule has 5 rings (SSSR count). The molecule has 0 atom stereocenters. The van der Waals surface area contributed by atoms with Gasteiger partial charge < -0.3 is 14.0 Å². The molecular weight excluding hydrogens is 400 g/mol. The maximum Gasteiger partial charge on any atom is 0.263 e. The molecule has 1 aliphatic rings. The minimum atomic E-state index is -0.197. The van der Waals surface area contributed by atoms with Crippen LogP contribution in [0.1, 0.15) is 18.4 Å². The Morgan fingerprint density at radius 3 is 2.70 bits per heavy atom. The van der Waals surface area contributed by atoms with Crippen LogP contribution in [0.15, 0.2) is 68.7 Å². The van der Waals surface area contributed by atoms with Crippen LogP contribution in [0.3, 0.4) is 0 Å². The molecule has 0 N–H and O–H groups in total. The second-order valence-electron chi connectivity index (χ2n) is 7.11. The normalized spacial score (nSPS) is 13.9. The van der Waals surface area contributed by atoms with Gasteiger partial charge in [0.2, 0.25) is 11.7 Å². The highest BCUT2D eigenvalue weighted by molar-refractivity contribution is 7.08. The van der Waals surface area contributed by atoms with E-state index in [-0.39, 0.29) is 17.4 Å². The van der Waals surface area contributed by atoms with Gasteiger partial charge in [-0.2, -0.15) is 16.3 Å². The van der Waals surface area contributed by atoms with E-state index in [4.69, 9.17) is 4.52 Å². The molecule has 4 aromatic rings. The Labute approximate surface area is 176 Å². The van der Waals surface area contributed by atoms with Crippen molar-refractivity contribution in [1.82, 2.24) is 14.7 Å². The molecule has 0 bridgehead atoms. The van der Waals surface area contributed by atoms with Crippen LogP contribution in [-0.2, 0) is 11.3 Å². The average molecular weight is 418 g/mol. The largest absolute Gasteiger partial charge is 0.333 e. The van der Waals surface area contributed by atoms with Gasteiger partial charge in [0.05, 0.1) is 6.54 Å². The number of pyridine rings is 1. The summed E-state index contributed by atoms with van der Waals surface area (Å²) in [5.74, 6) is 0.833. The lowest BCUT2D eigenvalue weighted by atomic mass is 10.2. The minimum absolute atomic E-state index is 0.160. The van der Waals surface area contributed by atoms with E-state index in [1.165, 1.54) is 0 Å². The van der Waals surface area contributed by atoms with Crippen molar-refractivity contribution in [3.05, 3.63) is 75.3 Å². The molecule has 0 aliphatic carbocycles. The van der Waals surface area contributed by atoms with Gasteiger partial charge >= 0.3 is 0 Å². The fourth-order valence-electron chi connectivity index (χ4n) is 3.57. The quantitative estimate of drug-likeness (QED) is 0.492. The van der Waals surface area contributed by atoms with E-state index in [9.17, 15) is 9.59 Å². The van der Waals surface area contributed by atoms with Crippen LogP contribution in [0.5, 0.6) is 0 Å². The Hall–Kier alpha value is -3.52. The van der Waals surface area contributed by atoms with Crippen molar-refractivity contribution >= 4 is 22.9 Å². The molecule has 3 aromatic heterocycles. The summed E-state index contributed by atoms with van der Waals surface area (Å²) in [6.45, 7) is 1.17. The summed E-state index contributed by atoms with van der Waals surface area (Å²) in [5, 5.41) is 7.85. The molecule has 1 aliphatic heterocycles. The molecular formula is C22H18N4O3S. The fraction of sp³-hybridized carbons (Fsp3) is 0.182. The van der Waals surface area contributed by atoms with Crippen molar-refractivity contribution in [2.24, 2.45) is 0 Å². The van der Waals surface area contributed by atoms with E-state index in [0.717, 1.165) is 29.8 Å². The van der Waals surface area contributed by atoms with Gasteiger partial charge in [-0.25, -0.2) is 0 Å². The SMILES string of the molecule is O=C1CCCN1c1ccc(Cn2cccc(-c3nc(-c4ccsc4)no3)c2=O)cc1. The molecule has 0 unspecified atom stereocenters. The van der Waals surface area contributed by atoms with Crippen LogP contribution in [0, 0.1) is 0 Å². The minimum Gasteiger partial charge on any atom is -0.333 e. The Kier molecular flexibility index (Phi) is 4.76. The van der Waals surface area contributed by atoms with E-state index >= 15 is 0 Å². The lowest BCUT2D eigenvalue weighted by Gasteiger charge is -2.16. The smallest absolute Gasteiger partial charge is 0.263 e. The van der Waals surface area contributed by atoms with E-state index in [1.807, 2.05) is 41.1 Å². The number of hydrogen-bond acceptors (Lipinski definition) is 6. The number of benzene rings is 1. The van der Waals surface area contributed by atoms with Crippen molar-refractivity contribution in [1.29, 1.82) is 0 Å². The molecule has 0 saturated carbocycles. The second-order valence-corrected chi connectivity index (χ2v) is 7.89. The highest BCUT2D eigenvalue weighted by atomic mass is 32.1. The lowest BCUT2D eigenvalue weighted by Crippen LogP contribution is -2.24. The number of nitrogens with zero attached hydrogens (tertiary/aromatic N) is 4. The number of amides is 1. The van der Waals surface area contributed by atoms with Gasteiger partial charge in [-0.05, 0) is 47.7 Å². The first-order valence-corrected chi connectivity index (χ1v) is 10.6. The third-order valence-corrected chi connectivity index (χ3v) is 5.81. The number of carbonyl (C=O) groups excluding carboxylic acids is 1. The first kappa shape index (κ1) is 18.5. The number of aromatic nitrogens is 3. The maximum absolute atomic E-state index is 13.0. The zero-order chi connectivity index (χ0) is 20.5. The summed E-state index contributed by atoms with van der Waals surface area (Å²) in [5.41, 5.74) is 2.90. The highest BCUT2D eigenvalue weighted by Gasteiger charge is 2.21. The first-order chi connectivity index (χ1) is 14.7. The van der Waals surface area contributed by atoms with Crippen LogP contribution in [0.25, 0.3) is 22.8 Å². The molecule has 8 heteroatoms. The third-order valence-electron chi connectivity index (χ3n) is 5.13. The molecule has 4 heterocycles. The summed E-state index contributed by atoms with van der Waals surface area (Å²) in [7, 11) is 0. The van der Waals surface area contributed by atoms with Gasteiger partial charge in [-0.15, -0.1) is 0 Å². The van der Waals surface area contributed by atoms with E-state index < -0.39 is 0 Å².